The molecule has 0 amide bonds. The molecule has 0 fully saturated rings. The molecule has 0 unspecified atom stereocenters. The first-order valence-corrected chi connectivity index (χ1v) is 6.19. The van der Waals surface area contributed by atoms with Crippen LogP contribution in [0.15, 0.2) is 36.5 Å². The van der Waals surface area contributed by atoms with Gasteiger partial charge in [-0.1, -0.05) is 42.9 Å². The van der Waals surface area contributed by atoms with Gasteiger partial charge in [0.1, 0.15) is 5.78 Å². The minimum atomic E-state index is 0.310. The zero-order valence-electron chi connectivity index (χ0n) is 10.6. The van der Waals surface area contributed by atoms with Crippen molar-refractivity contribution in [3.05, 3.63) is 36.5 Å². The van der Waals surface area contributed by atoms with Gasteiger partial charge in [0.2, 0.25) is 0 Å². The molecular formula is C15H24O. The molecule has 0 aliphatic carbocycles. The summed E-state index contributed by atoms with van der Waals surface area (Å²) in [4.78, 5) is 10.7. The third-order valence-corrected chi connectivity index (χ3v) is 2.28. The van der Waals surface area contributed by atoms with Crippen LogP contribution < -0.4 is 0 Å². The van der Waals surface area contributed by atoms with E-state index < -0.39 is 0 Å². The van der Waals surface area contributed by atoms with E-state index in [0.717, 1.165) is 25.7 Å². The van der Waals surface area contributed by atoms with E-state index in [0.29, 0.717) is 5.78 Å². The molecule has 0 aliphatic rings. The number of allylic oxidation sites excluding steroid dienone is 6. The summed E-state index contributed by atoms with van der Waals surface area (Å²) in [7, 11) is 0. The molecule has 0 aromatic carbocycles. The molecule has 0 heterocycles. The number of carbonyl (C=O) groups is 1. The van der Waals surface area contributed by atoms with Gasteiger partial charge >= 0.3 is 0 Å². The molecular weight excluding hydrogens is 196 g/mol. The number of hydrogen-bond donors (Lipinski definition) is 0. The Morgan fingerprint density at radius 3 is 2.50 bits per heavy atom. The van der Waals surface area contributed by atoms with E-state index in [1.807, 2.05) is 19.1 Å². The molecule has 0 aliphatic heterocycles. The lowest BCUT2D eigenvalue weighted by Crippen LogP contribution is -1.88. The number of carbonyl (C=O) groups excluding carboxylic acids is 1. The summed E-state index contributed by atoms with van der Waals surface area (Å²) in [5.41, 5.74) is 0. The Balaban J connectivity index is 3.24. The molecule has 90 valence electrons. The quantitative estimate of drug-likeness (QED) is 0.315. The maximum absolute atomic E-state index is 10.7. The van der Waals surface area contributed by atoms with Crippen LogP contribution in [0.2, 0.25) is 0 Å². The lowest BCUT2D eigenvalue weighted by atomic mass is 10.1. The van der Waals surface area contributed by atoms with Gasteiger partial charge in [0.05, 0.1) is 0 Å². The molecule has 0 saturated carbocycles. The van der Waals surface area contributed by atoms with Gasteiger partial charge in [-0.3, -0.25) is 0 Å². The molecule has 1 heteroatoms. The normalized spacial score (nSPS) is 12.1. The van der Waals surface area contributed by atoms with E-state index in [-0.39, 0.29) is 0 Å². The Bertz CT molecular complexity index is 246. The summed E-state index contributed by atoms with van der Waals surface area (Å²) in [5, 5.41) is 0. The first-order chi connectivity index (χ1) is 7.77. The fourth-order valence-electron chi connectivity index (χ4n) is 1.37. The second kappa shape index (κ2) is 12.0. The summed E-state index contributed by atoms with van der Waals surface area (Å²) in [6, 6.07) is 0. The Hall–Kier alpha value is -1.11. The van der Waals surface area contributed by atoms with Crippen molar-refractivity contribution in [1.82, 2.24) is 0 Å². The van der Waals surface area contributed by atoms with Crippen molar-refractivity contribution in [3.8, 4) is 0 Å². The standard InChI is InChI=1S/C15H24O/c1-3-4-5-6-7-8-9-10-11-12-13-14-15(2)16/h3-6,8-9H,7,10-14H2,1-2H3/b4-3+,6-5+,9-8+. The van der Waals surface area contributed by atoms with Crippen LogP contribution in [0.25, 0.3) is 0 Å². The maximum Gasteiger partial charge on any atom is 0.129 e. The van der Waals surface area contributed by atoms with Crippen LogP contribution in [-0.4, -0.2) is 5.78 Å². The molecule has 0 radical (unpaired) electrons. The number of unbranched alkanes of at least 4 members (excludes halogenated alkanes) is 3. The third kappa shape index (κ3) is 12.9. The fraction of sp³-hybridized carbons (Fsp3) is 0.533. The van der Waals surface area contributed by atoms with Crippen LogP contribution in [0.3, 0.4) is 0 Å². The summed E-state index contributed by atoms with van der Waals surface area (Å²) in [6.07, 6.45) is 19.0. The van der Waals surface area contributed by atoms with Gasteiger partial charge in [0.15, 0.2) is 0 Å². The molecule has 0 saturated heterocycles. The molecule has 1 nitrogen and oxygen atoms in total. The summed E-state index contributed by atoms with van der Waals surface area (Å²) in [5.74, 6) is 0.310. The second-order valence-corrected chi connectivity index (χ2v) is 3.96. The summed E-state index contributed by atoms with van der Waals surface area (Å²) in [6.45, 7) is 3.68. The van der Waals surface area contributed by atoms with E-state index in [4.69, 9.17) is 0 Å². The third-order valence-electron chi connectivity index (χ3n) is 2.28. The highest BCUT2D eigenvalue weighted by Crippen LogP contribution is 2.04. The fourth-order valence-corrected chi connectivity index (χ4v) is 1.37. The van der Waals surface area contributed by atoms with Crippen LogP contribution >= 0.6 is 0 Å². The largest absolute Gasteiger partial charge is 0.300 e. The summed E-state index contributed by atoms with van der Waals surface area (Å²) >= 11 is 0. The average molecular weight is 220 g/mol. The van der Waals surface area contributed by atoms with Gasteiger partial charge in [0.25, 0.3) is 0 Å². The topological polar surface area (TPSA) is 17.1 Å². The first-order valence-electron chi connectivity index (χ1n) is 6.19. The van der Waals surface area contributed by atoms with Crippen molar-refractivity contribution in [2.24, 2.45) is 0 Å². The highest BCUT2D eigenvalue weighted by Gasteiger charge is 1.92. The number of hydrogen-bond acceptors (Lipinski definition) is 1. The molecule has 0 aromatic rings. The van der Waals surface area contributed by atoms with E-state index in [1.54, 1.807) is 6.92 Å². The predicted octanol–water partition coefficient (Wildman–Crippen LogP) is 4.60. The Morgan fingerprint density at radius 1 is 1.00 bits per heavy atom. The SMILES string of the molecule is C/C=C/C=C/C/C=C/CCCCCC(C)=O. The zero-order chi connectivity index (χ0) is 12.1. The molecule has 0 rings (SSSR count). The van der Waals surface area contributed by atoms with E-state index in [9.17, 15) is 4.79 Å². The van der Waals surface area contributed by atoms with Crippen LogP contribution in [0, 0.1) is 0 Å². The van der Waals surface area contributed by atoms with E-state index in [1.165, 1.54) is 12.8 Å². The lowest BCUT2D eigenvalue weighted by molar-refractivity contribution is -0.117. The van der Waals surface area contributed by atoms with Crippen LogP contribution in [-0.2, 0) is 4.79 Å². The second-order valence-electron chi connectivity index (χ2n) is 3.96. The molecule has 16 heavy (non-hydrogen) atoms. The molecule has 0 aromatic heterocycles. The zero-order valence-corrected chi connectivity index (χ0v) is 10.6. The van der Waals surface area contributed by atoms with Crippen molar-refractivity contribution >= 4 is 5.78 Å². The number of ketones is 1. The smallest absolute Gasteiger partial charge is 0.129 e. The number of rotatable bonds is 9. The molecule has 0 spiro atoms. The highest BCUT2D eigenvalue weighted by atomic mass is 16.1. The summed E-state index contributed by atoms with van der Waals surface area (Å²) < 4.78 is 0. The highest BCUT2D eigenvalue weighted by molar-refractivity contribution is 5.75. The number of Topliss-reactive ketones (excluding diaryl/α,β-unsaturated/α-hetero) is 1. The monoisotopic (exact) mass is 220 g/mol. The molecule has 0 atom stereocenters. The van der Waals surface area contributed by atoms with Crippen molar-refractivity contribution < 1.29 is 4.79 Å². The van der Waals surface area contributed by atoms with Gasteiger partial charge in [-0.2, -0.15) is 0 Å². The Kier molecular flexibility index (Phi) is 11.1. The van der Waals surface area contributed by atoms with E-state index >= 15 is 0 Å². The minimum Gasteiger partial charge on any atom is -0.300 e. The van der Waals surface area contributed by atoms with Crippen molar-refractivity contribution in [2.75, 3.05) is 0 Å². The van der Waals surface area contributed by atoms with Crippen LogP contribution in [0.4, 0.5) is 0 Å². The Morgan fingerprint density at radius 2 is 1.81 bits per heavy atom. The predicted molar refractivity (Wildman–Crippen MR) is 71.5 cm³/mol. The van der Waals surface area contributed by atoms with Crippen molar-refractivity contribution in [3.63, 3.8) is 0 Å². The van der Waals surface area contributed by atoms with Crippen LogP contribution in [0.1, 0.15) is 52.4 Å². The van der Waals surface area contributed by atoms with E-state index in [2.05, 4.69) is 24.3 Å². The maximum atomic E-state index is 10.7. The van der Waals surface area contributed by atoms with Gasteiger partial charge in [-0.25, -0.2) is 0 Å². The van der Waals surface area contributed by atoms with Crippen molar-refractivity contribution in [1.29, 1.82) is 0 Å². The minimum absolute atomic E-state index is 0.310. The van der Waals surface area contributed by atoms with Gasteiger partial charge in [-0.15, -0.1) is 0 Å². The molecule has 0 N–H and O–H groups in total. The van der Waals surface area contributed by atoms with Gasteiger partial charge < -0.3 is 4.79 Å². The Labute approximate surface area is 99.9 Å². The van der Waals surface area contributed by atoms with Crippen molar-refractivity contribution in [2.45, 2.75) is 52.4 Å². The lowest BCUT2D eigenvalue weighted by Gasteiger charge is -1.95. The van der Waals surface area contributed by atoms with Gasteiger partial charge in [-0.05, 0) is 39.5 Å². The van der Waals surface area contributed by atoms with Crippen LogP contribution in [0.5, 0.6) is 0 Å². The first kappa shape index (κ1) is 14.9. The van der Waals surface area contributed by atoms with Gasteiger partial charge in [0, 0.05) is 6.42 Å². The average Bonchev–Trinajstić information content (AvgIpc) is 2.25. The molecule has 0 bridgehead atoms.